The van der Waals surface area contributed by atoms with Crippen molar-refractivity contribution in [2.24, 2.45) is 0 Å². The van der Waals surface area contributed by atoms with Crippen molar-refractivity contribution in [3.63, 3.8) is 0 Å². The summed E-state index contributed by atoms with van der Waals surface area (Å²) in [6.07, 6.45) is 6.25. The highest BCUT2D eigenvalue weighted by atomic mass is 32.2. The molecule has 0 atom stereocenters. The summed E-state index contributed by atoms with van der Waals surface area (Å²) >= 11 is 1.39. The predicted octanol–water partition coefficient (Wildman–Crippen LogP) is 4.19. The molecule has 0 saturated carbocycles. The maximum atomic E-state index is 12.5. The Morgan fingerprint density at radius 2 is 1.96 bits per heavy atom. The fourth-order valence-electron chi connectivity index (χ4n) is 3.42. The number of aryl methyl sites for hydroxylation is 2. The van der Waals surface area contributed by atoms with Crippen molar-refractivity contribution in [3.05, 3.63) is 65.5 Å². The molecular formula is C21H22N4OS. The van der Waals surface area contributed by atoms with Crippen molar-refractivity contribution in [1.82, 2.24) is 14.8 Å². The van der Waals surface area contributed by atoms with Gasteiger partial charge in [0.25, 0.3) is 0 Å². The van der Waals surface area contributed by atoms with Gasteiger partial charge in [-0.3, -0.25) is 9.36 Å². The van der Waals surface area contributed by atoms with E-state index in [-0.39, 0.29) is 5.91 Å². The number of nitrogens with zero attached hydrogens (tertiary/aromatic N) is 3. The maximum Gasteiger partial charge on any atom is 0.234 e. The molecule has 138 valence electrons. The van der Waals surface area contributed by atoms with E-state index in [1.807, 2.05) is 28.8 Å². The van der Waals surface area contributed by atoms with Crippen molar-refractivity contribution in [2.75, 3.05) is 11.1 Å². The van der Waals surface area contributed by atoms with Gasteiger partial charge in [-0.2, -0.15) is 0 Å². The van der Waals surface area contributed by atoms with Gasteiger partial charge < -0.3 is 5.32 Å². The number of nitrogens with one attached hydrogen (secondary N) is 1. The summed E-state index contributed by atoms with van der Waals surface area (Å²) in [6, 6.07) is 14.4. The van der Waals surface area contributed by atoms with E-state index in [1.54, 1.807) is 6.33 Å². The SMILES string of the molecule is Cc1ccc(-n2cnnc2SCC(=O)Nc2cccc3c2CCCC3)cc1. The molecule has 1 aromatic heterocycles. The van der Waals surface area contributed by atoms with E-state index >= 15 is 0 Å². The van der Waals surface area contributed by atoms with Crippen molar-refractivity contribution in [3.8, 4) is 5.69 Å². The number of amides is 1. The Kier molecular flexibility index (Phi) is 5.25. The van der Waals surface area contributed by atoms with Crippen LogP contribution in [0.1, 0.15) is 29.5 Å². The lowest BCUT2D eigenvalue weighted by Crippen LogP contribution is -2.17. The number of carbonyl (C=O) groups excluding carboxylic acids is 1. The number of rotatable bonds is 5. The number of carbonyl (C=O) groups is 1. The van der Waals surface area contributed by atoms with Crippen LogP contribution in [-0.2, 0) is 17.6 Å². The number of aromatic nitrogens is 3. The molecule has 0 fully saturated rings. The van der Waals surface area contributed by atoms with E-state index in [9.17, 15) is 4.79 Å². The molecule has 0 bridgehead atoms. The molecule has 3 aromatic rings. The number of anilines is 1. The van der Waals surface area contributed by atoms with E-state index in [4.69, 9.17) is 0 Å². The van der Waals surface area contributed by atoms with Gasteiger partial charge in [0.1, 0.15) is 6.33 Å². The number of hydrogen-bond donors (Lipinski definition) is 1. The largest absolute Gasteiger partial charge is 0.325 e. The highest BCUT2D eigenvalue weighted by Crippen LogP contribution is 2.28. The standard InChI is InChI=1S/C21H22N4OS/c1-15-9-11-17(12-10-15)25-14-22-24-21(25)27-13-20(26)23-19-8-4-6-16-5-2-3-7-18(16)19/h4,6,8-12,14H,2-3,5,7,13H2,1H3,(H,23,26). The Morgan fingerprint density at radius 3 is 2.81 bits per heavy atom. The maximum absolute atomic E-state index is 12.5. The van der Waals surface area contributed by atoms with Crippen LogP contribution in [0.4, 0.5) is 5.69 Å². The molecule has 1 aliphatic rings. The van der Waals surface area contributed by atoms with E-state index in [1.165, 1.54) is 41.3 Å². The van der Waals surface area contributed by atoms with E-state index in [2.05, 4.69) is 40.6 Å². The summed E-state index contributed by atoms with van der Waals surface area (Å²) < 4.78 is 1.90. The zero-order valence-electron chi connectivity index (χ0n) is 15.3. The van der Waals surface area contributed by atoms with Crippen molar-refractivity contribution in [2.45, 2.75) is 37.8 Å². The third-order valence-corrected chi connectivity index (χ3v) is 5.77. The molecule has 4 rings (SSSR count). The molecule has 0 saturated heterocycles. The summed E-state index contributed by atoms with van der Waals surface area (Å²) in [5.41, 5.74) is 5.81. The van der Waals surface area contributed by atoms with Gasteiger partial charge in [-0.15, -0.1) is 10.2 Å². The first-order chi connectivity index (χ1) is 13.2. The number of hydrogen-bond acceptors (Lipinski definition) is 4. The third-order valence-electron chi connectivity index (χ3n) is 4.83. The smallest absolute Gasteiger partial charge is 0.234 e. The van der Waals surface area contributed by atoms with Crippen LogP contribution in [0.2, 0.25) is 0 Å². The Labute approximate surface area is 163 Å². The summed E-state index contributed by atoms with van der Waals surface area (Å²) in [5.74, 6) is 0.284. The number of benzene rings is 2. The molecule has 0 unspecified atom stereocenters. The Bertz CT molecular complexity index is 949. The molecule has 1 aliphatic carbocycles. The molecule has 2 aromatic carbocycles. The Hall–Kier alpha value is -2.60. The second-order valence-electron chi connectivity index (χ2n) is 6.81. The minimum absolute atomic E-state index is 0.0163. The Morgan fingerprint density at radius 1 is 1.15 bits per heavy atom. The molecule has 1 heterocycles. The van der Waals surface area contributed by atoms with E-state index in [0.29, 0.717) is 10.9 Å². The van der Waals surface area contributed by atoms with Gasteiger partial charge in [0.2, 0.25) is 5.91 Å². The minimum Gasteiger partial charge on any atom is -0.325 e. The normalized spacial score (nSPS) is 13.2. The summed E-state index contributed by atoms with van der Waals surface area (Å²) in [7, 11) is 0. The lowest BCUT2D eigenvalue weighted by atomic mass is 9.90. The third kappa shape index (κ3) is 4.06. The summed E-state index contributed by atoms with van der Waals surface area (Å²) in [6.45, 7) is 2.05. The molecule has 27 heavy (non-hydrogen) atoms. The van der Waals surface area contributed by atoms with Gasteiger partial charge in [0, 0.05) is 11.4 Å². The molecule has 0 aliphatic heterocycles. The summed E-state index contributed by atoms with van der Waals surface area (Å²) in [5, 5.41) is 12.0. The first-order valence-electron chi connectivity index (χ1n) is 9.21. The van der Waals surface area contributed by atoms with E-state index < -0.39 is 0 Å². The molecule has 1 N–H and O–H groups in total. The molecule has 6 heteroatoms. The molecule has 1 amide bonds. The molecular weight excluding hydrogens is 356 g/mol. The van der Waals surface area contributed by atoms with Crippen molar-refractivity contribution in [1.29, 1.82) is 0 Å². The quantitative estimate of drug-likeness (QED) is 0.677. The Balaban J connectivity index is 1.42. The van der Waals surface area contributed by atoms with E-state index in [0.717, 1.165) is 24.2 Å². The van der Waals surface area contributed by atoms with Crippen LogP contribution in [-0.4, -0.2) is 26.4 Å². The van der Waals surface area contributed by atoms with Gasteiger partial charge in [0.05, 0.1) is 5.75 Å². The van der Waals surface area contributed by atoms with Crippen LogP contribution >= 0.6 is 11.8 Å². The lowest BCUT2D eigenvalue weighted by Gasteiger charge is -2.19. The average Bonchev–Trinajstić information content (AvgIpc) is 3.16. The molecule has 5 nitrogen and oxygen atoms in total. The van der Waals surface area contributed by atoms with Crippen molar-refractivity contribution >= 4 is 23.4 Å². The van der Waals surface area contributed by atoms with Gasteiger partial charge in [-0.05, 0) is 61.9 Å². The molecule has 0 radical (unpaired) electrons. The minimum atomic E-state index is -0.0163. The average molecular weight is 379 g/mol. The second-order valence-corrected chi connectivity index (χ2v) is 7.75. The topological polar surface area (TPSA) is 59.8 Å². The van der Waals surface area contributed by atoms with Crippen LogP contribution in [0, 0.1) is 6.92 Å². The van der Waals surface area contributed by atoms with Crippen LogP contribution in [0.15, 0.2) is 53.9 Å². The van der Waals surface area contributed by atoms with Gasteiger partial charge in [-0.25, -0.2) is 0 Å². The highest BCUT2D eigenvalue weighted by molar-refractivity contribution is 7.99. The van der Waals surface area contributed by atoms with Crippen LogP contribution in [0.25, 0.3) is 5.69 Å². The predicted molar refractivity (Wildman–Crippen MR) is 109 cm³/mol. The van der Waals surface area contributed by atoms with Crippen LogP contribution < -0.4 is 5.32 Å². The van der Waals surface area contributed by atoms with Gasteiger partial charge in [-0.1, -0.05) is 41.6 Å². The summed E-state index contributed by atoms with van der Waals surface area (Å²) in [4.78, 5) is 12.5. The van der Waals surface area contributed by atoms with Gasteiger partial charge in [0.15, 0.2) is 5.16 Å². The van der Waals surface area contributed by atoms with Crippen LogP contribution in [0.5, 0.6) is 0 Å². The lowest BCUT2D eigenvalue weighted by molar-refractivity contribution is -0.113. The highest BCUT2D eigenvalue weighted by Gasteiger charge is 2.15. The fraction of sp³-hybridized carbons (Fsp3) is 0.286. The first-order valence-corrected chi connectivity index (χ1v) is 10.2. The van der Waals surface area contributed by atoms with Crippen LogP contribution in [0.3, 0.4) is 0 Å². The number of thioether (sulfide) groups is 1. The van der Waals surface area contributed by atoms with Gasteiger partial charge >= 0.3 is 0 Å². The van der Waals surface area contributed by atoms with Crippen molar-refractivity contribution < 1.29 is 4.79 Å². The first kappa shape index (κ1) is 17.8. The number of fused-ring (bicyclic) bond motifs is 1. The zero-order chi connectivity index (χ0) is 18.6. The zero-order valence-corrected chi connectivity index (χ0v) is 16.1. The fourth-order valence-corrected chi connectivity index (χ4v) is 4.15. The molecule has 0 spiro atoms. The monoisotopic (exact) mass is 378 g/mol. The second kappa shape index (κ2) is 7.96.